The lowest BCUT2D eigenvalue weighted by Gasteiger charge is -2.32. The molecule has 4 aromatic rings. The first-order valence-corrected chi connectivity index (χ1v) is 13.8. The number of likely N-dealkylation sites (tertiary alicyclic amines) is 1. The molecule has 0 bridgehead atoms. The number of benzene rings is 1. The van der Waals surface area contributed by atoms with Crippen molar-refractivity contribution in [3.63, 3.8) is 0 Å². The maximum atomic E-state index is 11.7. The molecule has 9 heteroatoms. The maximum absolute atomic E-state index is 11.7. The molecule has 7 nitrogen and oxygen atoms in total. The number of nitrogens with one attached hydrogen (secondary N) is 1. The molecule has 3 aromatic heterocycles. The smallest absolute Gasteiger partial charge is 0.219 e. The Labute approximate surface area is 202 Å². The summed E-state index contributed by atoms with van der Waals surface area (Å²) in [5, 5.41) is 5.77. The molecular weight excluding hydrogens is 535 g/mol. The third-order valence-electron chi connectivity index (χ3n) is 6.10. The first kappa shape index (κ1) is 21.3. The Kier molecular flexibility index (Phi) is 5.85. The Morgan fingerprint density at radius 3 is 2.78 bits per heavy atom. The van der Waals surface area contributed by atoms with E-state index in [1.165, 1.54) is 0 Å². The third kappa shape index (κ3) is 3.88. The Balaban J connectivity index is 1.54. The summed E-state index contributed by atoms with van der Waals surface area (Å²) >= 11 is 2.27. The molecule has 164 valence electrons. The van der Waals surface area contributed by atoms with Crippen molar-refractivity contribution in [3.05, 3.63) is 48.9 Å². The van der Waals surface area contributed by atoms with E-state index in [0.717, 1.165) is 64.7 Å². The molecule has 1 aromatic carbocycles. The molecule has 1 aliphatic rings. The van der Waals surface area contributed by atoms with Gasteiger partial charge in [-0.1, -0.05) is 6.07 Å². The van der Waals surface area contributed by atoms with E-state index in [9.17, 15) is 4.79 Å². The van der Waals surface area contributed by atoms with Crippen LogP contribution in [-0.2, 0) is 4.79 Å². The molecule has 5 rings (SSSR count). The lowest BCUT2D eigenvalue weighted by Crippen LogP contribution is -2.41. The van der Waals surface area contributed by atoms with Gasteiger partial charge >= 0.3 is 0 Å². The van der Waals surface area contributed by atoms with Crippen molar-refractivity contribution in [3.8, 4) is 11.1 Å². The molecule has 0 saturated carbocycles. The highest BCUT2D eigenvalue weighted by atomic mass is 127. The molecule has 4 heterocycles. The van der Waals surface area contributed by atoms with Gasteiger partial charge in [0.1, 0.15) is 0 Å². The molecular formula is C23H23IN6OS. The van der Waals surface area contributed by atoms with E-state index in [-0.39, 0.29) is 11.9 Å². The van der Waals surface area contributed by atoms with E-state index in [1.54, 1.807) is 22.2 Å². The first-order chi connectivity index (χ1) is 15.5. The normalized spacial score (nSPS) is 14.9. The van der Waals surface area contributed by atoms with Gasteiger partial charge in [0.15, 0.2) is 5.65 Å². The standard InChI is InChI=1S/C23H23IN6OS/c1-14(31)29-9-6-16(7-10-29)28-22-18-11-15(4-5-21(18)27-12-20(22)25)19-13-30(32-24)23-17(19)3-2-8-26-23/h2-5,8,11-13,16H,6-7,9-10,25H2,1H3,(H,27,28). The van der Waals surface area contributed by atoms with Crippen LogP contribution in [-0.4, -0.2) is 43.9 Å². The van der Waals surface area contributed by atoms with Crippen molar-refractivity contribution in [1.29, 1.82) is 0 Å². The molecule has 1 amide bonds. The predicted octanol–water partition coefficient (Wildman–Crippen LogP) is 5.10. The number of nitrogen functional groups attached to an aromatic ring is 1. The third-order valence-corrected chi connectivity index (χ3v) is 7.80. The maximum Gasteiger partial charge on any atom is 0.219 e. The molecule has 0 radical (unpaired) electrons. The largest absolute Gasteiger partial charge is 0.396 e. The topological polar surface area (TPSA) is 89.1 Å². The minimum absolute atomic E-state index is 0.139. The van der Waals surface area contributed by atoms with E-state index in [0.29, 0.717) is 5.69 Å². The number of aromatic nitrogens is 3. The zero-order valence-corrected chi connectivity index (χ0v) is 20.6. The average molecular weight is 558 g/mol. The van der Waals surface area contributed by atoms with Gasteiger partial charge < -0.3 is 16.0 Å². The second-order valence-corrected chi connectivity index (χ2v) is 9.77. The van der Waals surface area contributed by atoms with Gasteiger partial charge in [0.2, 0.25) is 5.91 Å². The quantitative estimate of drug-likeness (QED) is 0.339. The number of fused-ring (bicyclic) bond motifs is 2. The average Bonchev–Trinajstić information content (AvgIpc) is 3.20. The summed E-state index contributed by atoms with van der Waals surface area (Å²) in [4.78, 5) is 22.7. The van der Waals surface area contributed by atoms with Crippen LogP contribution in [0.2, 0.25) is 0 Å². The van der Waals surface area contributed by atoms with Crippen LogP contribution in [0.1, 0.15) is 19.8 Å². The number of pyridine rings is 2. The Morgan fingerprint density at radius 2 is 2.03 bits per heavy atom. The molecule has 0 spiro atoms. The molecule has 1 aliphatic heterocycles. The summed E-state index contributed by atoms with van der Waals surface area (Å²) in [5.74, 6) is 0.139. The number of carbonyl (C=O) groups is 1. The zero-order valence-electron chi connectivity index (χ0n) is 17.6. The van der Waals surface area contributed by atoms with E-state index in [2.05, 4.69) is 64.9 Å². The van der Waals surface area contributed by atoms with Crippen molar-refractivity contribution in [2.75, 3.05) is 24.1 Å². The van der Waals surface area contributed by atoms with Crippen molar-refractivity contribution >= 4 is 69.5 Å². The van der Waals surface area contributed by atoms with E-state index >= 15 is 0 Å². The van der Waals surface area contributed by atoms with E-state index in [1.807, 2.05) is 23.2 Å². The van der Waals surface area contributed by atoms with Gasteiger partial charge in [-0.2, -0.15) is 0 Å². The fourth-order valence-corrected chi connectivity index (χ4v) is 5.65. The van der Waals surface area contributed by atoms with Gasteiger partial charge in [0.25, 0.3) is 0 Å². The number of nitrogens with two attached hydrogens (primary N) is 1. The fraction of sp³-hybridized carbons (Fsp3) is 0.261. The summed E-state index contributed by atoms with van der Waals surface area (Å²) in [7, 11) is 1.60. The van der Waals surface area contributed by atoms with E-state index in [4.69, 9.17) is 5.73 Å². The van der Waals surface area contributed by atoms with Crippen LogP contribution in [0.25, 0.3) is 33.1 Å². The number of halogens is 1. The fourth-order valence-electron chi connectivity index (χ4n) is 4.39. The SMILES string of the molecule is CC(=O)N1CCC(Nc2c(N)cnc3ccc(-c4cn(SI)c5ncccc45)cc23)CC1. The number of rotatable bonds is 4. The van der Waals surface area contributed by atoms with Crippen LogP contribution in [0.5, 0.6) is 0 Å². The van der Waals surface area contributed by atoms with Crippen LogP contribution in [0.3, 0.4) is 0 Å². The van der Waals surface area contributed by atoms with E-state index < -0.39 is 0 Å². The number of anilines is 2. The van der Waals surface area contributed by atoms with Crippen LogP contribution in [0.4, 0.5) is 11.4 Å². The number of amides is 1. The van der Waals surface area contributed by atoms with Crippen LogP contribution in [0.15, 0.2) is 48.9 Å². The molecule has 3 N–H and O–H groups in total. The lowest BCUT2D eigenvalue weighted by molar-refractivity contribution is -0.129. The molecule has 0 aliphatic carbocycles. The number of hydrogen-bond acceptors (Lipinski definition) is 6. The van der Waals surface area contributed by atoms with Crippen LogP contribution >= 0.6 is 30.3 Å². The first-order valence-electron chi connectivity index (χ1n) is 10.5. The van der Waals surface area contributed by atoms with Crippen molar-refractivity contribution in [2.45, 2.75) is 25.8 Å². The summed E-state index contributed by atoms with van der Waals surface area (Å²) in [6.45, 7) is 3.16. The predicted molar refractivity (Wildman–Crippen MR) is 141 cm³/mol. The highest BCUT2D eigenvalue weighted by Gasteiger charge is 2.22. The second-order valence-electron chi connectivity index (χ2n) is 8.06. The zero-order chi connectivity index (χ0) is 22.2. The summed E-state index contributed by atoms with van der Waals surface area (Å²) in [6, 6.07) is 10.6. The number of carbonyl (C=O) groups excluding carboxylic acids is 1. The highest BCUT2D eigenvalue weighted by molar-refractivity contribution is 14.2. The van der Waals surface area contributed by atoms with Crippen molar-refractivity contribution < 1.29 is 4.79 Å². The number of piperidine rings is 1. The van der Waals surface area contributed by atoms with Crippen molar-refractivity contribution in [1.82, 2.24) is 18.8 Å². The van der Waals surface area contributed by atoms with Gasteiger partial charge in [-0.25, -0.2) is 4.98 Å². The minimum atomic E-state index is 0.139. The van der Waals surface area contributed by atoms with Gasteiger partial charge in [0, 0.05) is 85.1 Å². The molecule has 32 heavy (non-hydrogen) atoms. The monoisotopic (exact) mass is 558 g/mol. The number of nitrogens with zero attached hydrogens (tertiary/aromatic N) is 4. The number of hydrogen-bond donors (Lipinski definition) is 2. The molecule has 0 unspecified atom stereocenters. The Hall–Kier alpha value is -2.53. The molecule has 0 atom stereocenters. The lowest BCUT2D eigenvalue weighted by atomic mass is 10.0. The van der Waals surface area contributed by atoms with Crippen molar-refractivity contribution in [2.24, 2.45) is 0 Å². The summed E-state index contributed by atoms with van der Waals surface area (Å²) in [6.07, 6.45) is 7.46. The summed E-state index contributed by atoms with van der Waals surface area (Å²) in [5.41, 5.74) is 12.0. The highest BCUT2D eigenvalue weighted by Crippen LogP contribution is 2.37. The Bertz CT molecular complexity index is 1310. The summed E-state index contributed by atoms with van der Waals surface area (Å²) < 4.78 is 2.08. The van der Waals surface area contributed by atoms with Gasteiger partial charge in [-0.05, 0) is 42.7 Å². The molecule has 1 fully saturated rings. The van der Waals surface area contributed by atoms with Gasteiger partial charge in [-0.15, -0.1) is 0 Å². The van der Waals surface area contributed by atoms with Crippen LogP contribution in [0, 0.1) is 0 Å². The minimum Gasteiger partial charge on any atom is -0.396 e. The second kappa shape index (κ2) is 8.78. The Morgan fingerprint density at radius 1 is 1.22 bits per heavy atom. The van der Waals surface area contributed by atoms with Gasteiger partial charge in [-0.3, -0.25) is 13.8 Å². The van der Waals surface area contributed by atoms with Crippen LogP contribution < -0.4 is 11.1 Å². The van der Waals surface area contributed by atoms with Gasteiger partial charge in [0.05, 0.1) is 23.1 Å². The molecule has 1 saturated heterocycles.